The second-order valence-electron chi connectivity index (χ2n) is 7.44. The molecule has 0 aromatic heterocycles. The number of carbonyl (C=O) groups is 1. The Morgan fingerprint density at radius 1 is 1.03 bits per heavy atom. The molecule has 0 radical (unpaired) electrons. The number of piperidine rings is 1. The van der Waals surface area contributed by atoms with Crippen molar-refractivity contribution in [1.29, 1.82) is 0 Å². The Labute approximate surface area is 168 Å². The number of hydrogen-bond acceptors (Lipinski definition) is 6. The molecule has 8 nitrogen and oxygen atoms in total. The molecule has 1 saturated heterocycles. The number of benzene rings is 2. The molecular weight excluding hydrogens is 394 g/mol. The van der Waals surface area contributed by atoms with Crippen molar-refractivity contribution in [2.75, 3.05) is 25.2 Å². The van der Waals surface area contributed by atoms with Crippen molar-refractivity contribution in [2.24, 2.45) is 5.92 Å². The molecule has 0 spiro atoms. The number of anilines is 1. The maximum atomic E-state index is 12.9. The van der Waals surface area contributed by atoms with Crippen molar-refractivity contribution >= 4 is 21.6 Å². The van der Waals surface area contributed by atoms with Gasteiger partial charge in [-0.15, -0.1) is 0 Å². The quantitative estimate of drug-likeness (QED) is 0.779. The summed E-state index contributed by atoms with van der Waals surface area (Å²) in [7, 11) is -3.54. The van der Waals surface area contributed by atoms with Crippen LogP contribution < -0.4 is 19.5 Å². The van der Waals surface area contributed by atoms with E-state index in [1.165, 1.54) is 0 Å². The molecule has 0 aliphatic carbocycles. The minimum Gasteiger partial charge on any atom is -0.454 e. The SMILES string of the molecule is O=C(c1ccc2c(c1)OCO2)N1CCC([C@@H]2Nc3ccccc3S(=O)(=O)N2)CC1. The molecule has 3 heterocycles. The van der Waals surface area contributed by atoms with Crippen LogP contribution in [0.5, 0.6) is 11.5 Å². The fourth-order valence-electron chi connectivity index (χ4n) is 4.11. The van der Waals surface area contributed by atoms with Crippen LogP contribution in [0.4, 0.5) is 5.69 Å². The van der Waals surface area contributed by atoms with Gasteiger partial charge in [-0.05, 0) is 49.1 Å². The minimum atomic E-state index is -3.54. The number of para-hydroxylation sites is 1. The van der Waals surface area contributed by atoms with Crippen molar-refractivity contribution in [3.63, 3.8) is 0 Å². The van der Waals surface area contributed by atoms with Gasteiger partial charge >= 0.3 is 0 Å². The molecule has 1 fully saturated rings. The lowest BCUT2D eigenvalue weighted by atomic mass is 9.93. The Balaban J connectivity index is 1.26. The van der Waals surface area contributed by atoms with E-state index in [-0.39, 0.29) is 29.7 Å². The zero-order valence-corrected chi connectivity index (χ0v) is 16.4. The summed E-state index contributed by atoms with van der Waals surface area (Å²) in [6, 6.07) is 12.1. The zero-order chi connectivity index (χ0) is 20.0. The predicted molar refractivity (Wildman–Crippen MR) is 105 cm³/mol. The van der Waals surface area contributed by atoms with Crippen LogP contribution in [0.2, 0.25) is 0 Å². The molecule has 2 aromatic rings. The molecule has 152 valence electrons. The normalized spacial score (nSPS) is 22.6. The van der Waals surface area contributed by atoms with E-state index in [2.05, 4.69) is 10.0 Å². The van der Waals surface area contributed by atoms with Gasteiger partial charge in [-0.25, -0.2) is 8.42 Å². The van der Waals surface area contributed by atoms with E-state index >= 15 is 0 Å². The molecule has 3 aliphatic rings. The predicted octanol–water partition coefficient (Wildman–Crippen LogP) is 2.00. The Hall–Kier alpha value is -2.78. The number of sulfonamides is 1. The van der Waals surface area contributed by atoms with Crippen LogP contribution in [-0.2, 0) is 10.0 Å². The van der Waals surface area contributed by atoms with E-state index in [1.807, 2.05) is 6.07 Å². The number of carbonyl (C=O) groups excluding carboxylic acids is 1. The van der Waals surface area contributed by atoms with Gasteiger partial charge in [0.25, 0.3) is 5.91 Å². The van der Waals surface area contributed by atoms with Gasteiger partial charge in [0, 0.05) is 18.7 Å². The average Bonchev–Trinajstić information content (AvgIpc) is 3.21. The molecule has 0 unspecified atom stereocenters. The molecular formula is C20H21N3O5S. The van der Waals surface area contributed by atoms with E-state index in [4.69, 9.17) is 9.47 Å². The number of rotatable bonds is 2. The Bertz CT molecular complexity index is 1060. The van der Waals surface area contributed by atoms with Gasteiger partial charge in [0.2, 0.25) is 16.8 Å². The second-order valence-corrected chi connectivity index (χ2v) is 9.12. The summed E-state index contributed by atoms with van der Waals surface area (Å²) < 4.78 is 38.5. The first-order chi connectivity index (χ1) is 14.0. The lowest BCUT2D eigenvalue weighted by Gasteiger charge is -2.38. The number of amides is 1. The van der Waals surface area contributed by atoms with Crippen molar-refractivity contribution in [1.82, 2.24) is 9.62 Å². The van der Waals surface area contributed by atoms with Crippen molar-refractivity contribution in [3.05, 3.63) is 48.0 Å². The lowest BCUT2D eigenvalue weighted by Crippen LogP contribution is -2.52. The molecule has 2 N–H and O–H groups in total. The number of likely N-dealkylation sites (tertiary alicyclic amines) is 1. The highest BCUT2D eigenvalue weighted by atomic mass is 32.2. The van der Waals surface area contributed by atoms with Gasteiger partial charge < -0.3 is 19.7 Å². The third-order valence-electron chi connectivity index (χ3n) is 5.69. The fourth-order valence-corrected chi connectivity index (χ4v) is 5.50. The van der Waals surface area contributed by atoms with Gasteiger partial charge in [0.1, 0.15) is 4.90 Å². The van der Waals surface area contributed by atoms with Crippen LogP contribution in [0.3, 0.4) is 0 Å². The summed E-state index contributed by atoms with van der Waals surface area (Å²) in [4.78, 5) is 14.9. The first-order valence-corrected chi connectivity index (χ1v) is 11.1. The number of fused-ring (bicyclic) bond motifs is 2. The topological polar surface area (TPSA) is 97.0 Å². The summed E-state index contributed by atoms with van der Waals surface area (Å²) in [6.45, 7) is 1.31. The lowest BCUT2D eigenvalue weighted by molar-refractivity contribution is 0.0679. The van der Waals surface area contributed by atoms with E-state index in [0.717, 1.165) is 0 Å². The first kappa shape index (κ1) is 18.3. The Kier molecular flexibility index (Phi) is 4.36. The highest BCUT2D eigenvalue weighted by Crippen LogP contribution is 2.34. The highest BCUT2D eigenvalue weighted by Gasteiger charge is 2.36. The molecule has 2 aromatic carbocycles. The molecule has 1 amide bonds. The number of nitrogens with zero attached hydrogens (tertiary/aromatic N) is 1. The summed E-state index contributed by atoms with van der Waals surface area (Å²) in [5.41, 5.74) is 1.19. The van der Waals surface area contributed by atoms with Gasteiger partial charge in [-0.2, -0.15) is 4.72 Å². The maximum Gasteiger partial charge on any atom is 0.253 e. The van der Waals surface area contributed by atoms with Crippen molar-refractivity contribution < 1.29 is 22.7 Å². The molecule has 3 aliphatic heterocycles. The third kappa shape index (κ3) is 3.30. The molecule has 0 saturated carbocycles. The first-order valence-electron chi connectivity index (χ1n) is 9.58. The molecule has 5 rings (SSSR count). The summed E-state index contributed by atoms with van der Waals surface area (Å²) >= 11 is 0. The number of ether oxygens (including phenoxy) is 2. The third-order valence-corrected chi connectivity index (χ3v) is 7.19. The number of nitrogens with one attached hydrogen (secondary N) is 2. The van der Waals surface area contributed by atoms with E-state index in [1.54, 1.807) is 41.3 Å². The molecule has 0 bridgehead atoms. The van der Waals surface area contributed by atoms with Crippen molar-refractivity contribution in [2.45, 2.75) is 23.9 Å². The van der Waals surface area contributed by atoms with Crippen LogP contribution in [-0.4, -0.2) is 45.3 Å². The maximum absolute atomic E-state index is 12.9. The van der Waals surface area contributed by atoms with E-state index < -0.39 is 10.0 Å². The van der Waals surface area contributed by atoms with Gasteiger partial charge in [-0.1, -0.05) is 12.1 Å². The smallest absolute Gasteiger partial charge is 0.253 e. The monoisotopic (exact) mass is 415 g/mol. The van der Waals surface area contributed by atoms with Crippen LogP contribution in [0.15, 0.2) is 47.4 Å². The van der Waals surface area contributed by atoms with Crippen LogP contribution >= 0.6 is 0 Å². The van der Waals surface area contributed by atoms with Gasteiger partial charge in [0.15, 0.2) is 11.5 Å². The summed E-state index contributed by atoms with van der Waals surface area (Å²) in [6.07, 6.45) is 1.04. The number of hydrogen-bond donors (Lipinski definition) is 2. The summed E-state index contributed by atoms with van der Waals surface area (Å²) in [5.74, 6) is 1.28. The highest BCUT2D eigenvalue weighted by molar-refractivity contribution is 7.89. The standard InChI is InChI=1S/C20H21N3O5S/c24-20(14-5-6-16-17(11-14)28-12-27-16)23-9-7-13(8-10-23)19-21-15-3-1-2-4-18(15)29(25,26)22-19/h1-6,11,13,19,21-22H,7-10,12H2/t19-/m1/s1. The van der Waals surface area contributed by atoms with Gasteiger partial charge in [-0.3, -0.25) is 4.79 Å². The van der Waals surface area contributed by atoms with Crippen LogP contribution in [0.25, 0.3) is 0 Å². The zero-order valence-electron chi connectivity index (χ0n) is 15.6. The molecule has 9 heteroatoms. The fraction of sp³-hybridized carbons (Fsp3) is 0.350. The van der Waals surface area contributed by atoms with Crippen LogP contribution in [0.1, 0.15) is 23.2 Å². The molecule has 1 atom stereocenters. The van der Waals surface area contributed by atoms with Gasteiger partial charge in [0.05, 0.1) is 11.9 Å². The van der Waals surface area contributed by atoms with E-state index in [0.29, 0.717) is 48.7 Å². The Morgan fingerprint density at radius 2 is 1.79 bits per heavy atom. The Morgan fingerprint density at radius 3 is 2.62 bits per heavy atom. The minimum absolute atomic E-state index is 0.0516. The average molecular weight is 415 g/mol. The van der Waals surface area contributed by atoms with Crippen molar-refractivity contribution in [3.8, 4) is 11.5 Å². The van der Waals surface area contributed by atoms with Crippen LogP contribution in [0, 0.1) is 5.92 Å². The second kappa shape index (κ2) is 6.93. The molecule has 29 heavy (non-hydrogen) atoms. The largest absolute Gasteiger partial charge is 0.454 e. The summed E-state index contributed by atoms with van der Waals surface area (Å²) in [5, 5.41) is 3.30. The van der Waals surface area contributed by atoms with E-state index in [9.17, 15) is 13.2 Å².